The number of hydrogen-bond acceptors (Lipinski definition) is 3. The van der Waals surface area contributed by atoms with Crippen molar-refractivity contribution in [1.82, 2.24) is 9.80 Å². The fraction of sp³-hybridized carbons (Fsp3) is 0.562. The number of benzene rings is 1. The first-order valence-electron chi connectivity index (χ1n) is 7.20. The Morgan fingerprint density at radius 2 is 2.10 bits per heavy atom. The molecule has 0 atom stereocenters. The molecule has 1 aromatic rings. The zero-order valence-corrected chi connectivity index (χ0v) is 13.1. The fourth-order valence-corrected chi connectivity index (χ4v) is 2.94. The maximum absolute atomic E-state index is 12.2. The minimum absolute atomic E-state index is 0.142. The largest absolute Gasteiger partial charge is 0.306 e. The smallest absolute Gasteiger partial charge is 0.176 e. The molecule has 1 fully saturated rings. The molecule has 20 heavy (non-hydrogen) atoms. The summed E-state index contributed by atoms with van der Waals surface area (Å²) in [5, 5.41) is 0.619. The summed E-state index contributed by atoms with van der Waals surface area (Å²) in [4.78, 5) is 16.7. The molecule has 0 bridgehead atoms. The summed E-state index contributed by atoms with van der Waals surface area (Å²) >= 11 is 5.92. The van der Waals surface area contributed by atoms with E-state index < -0.39 is 0 Å². The number of Topliss-reactive ketones (excluding diaryl/α,β-unsaturated/α-hetero) is 1. The van der Waals surface area contributed by atoms with Crippen molar-refractivity contribution in [3.05, 3.63) is 34.9 Å². The van der Waals surface area contributed by atoms with Gasteiger partial charge in [0.15, 0.2) is 5.78 Å². The number of nitrogens with zero attached hydrogens (tertiary/aromatic N) is 2. The summed E-state index contributed by atoms with van der Waals surface area (Å²) in [6, 6.07) is 7.19. The molecule has 0 aromatic heterocycles. The number of carbonyl (C=O) groups excluding carboxylic acids is 1. The second kappa shape index (κ2) is 7.21. The van der Waals surface area contributed by atoms with Crippen LogP contribution in [0.3, 0.4) is 0 Å². The van der Waals surface area contributed by atoms with Crippen LogP contribution in [0, 0.1) is 5.92 Å². The Morgan fingerprint density at radius 1 is 1.40 bits per heavy atom. The van der Waals surface area contributed by atoms with E-state index in [-0.39, 0.29) is 5.78 Å². The van der Waals surface area contributed by atoms with Gasteiger partial charge in [0.1, 0.15) is 0 Å². The third-order valence-electron chi connectivity index (χ3n) is 3.97. The Balaban J connectivity index is 1.82. The molecule has 1 aliphatic heterocycles. The van der Waals surface area contributed by atoms with E-state index in [0.717, 1.165) is 6.54 Å². The first-order valence-corrected chi connectivity index (χ1v) is 7.58. The lowest BCUT2D eigenvalue weighted by atomic mass is 9.96. The summed E-state index contributed by atoms with van der Waals surface area (Å²) < 4.78 is 0. The number of hydrogen-bond donors (Lipinski definition) is 0. The van der Waals surface area contributed by atoms with Gasteiger partial charge in [-0.25, -0.2) is 0 Å². The summed E-state index contributed by atoms with van der Waals surface area (Å²) in [5.74, 6) is 0.853. The lowest BCUT2D eigenvalue weighted by Crippen LogP contribution is -2.37. The molecule has 1 saturated heterocycles. The van der Waals surface area contributed by atoms with Crippen molar-refractivity contribution in [3.63, 3.8) is 0 Å². The Bertz CT molecular complexity index is 456. The average Bonchev–Trinajstić information content (AvgIpc) is 2.41. The van der Waals surface area contributed by atoms with Crippen molar-refractivity contribution >= 4 is 17.4 Å². The van der Waals surface area contributed by atoms with Crippen LogP contribution in [0.5, 0.6) is 0 Å². The summed E-state index contributed by atoms with van der Waals surface area (Å²) in [6.45, 7) is 3.80. The predicted molar refractivity (Wildman–Crippen MR) is 83.5 cm³/mol. The van der Waals surface area contributed by atoms with E-state index in [9.17, 15) is 4.79 Å². The van der Waals surface area contributed by atoms with E-state index in [0.29, 0.717) is 23.0 Å². The van der Waals surface area contributed by atoms with Gasteiger partial charge in [0.25, 0.3) is 0 Å². The molecule has 0 N–H and O–H groups in total. The van der Waals surface area contributed by atoms with Gasteiger partial charge in [-0.2, -0.15) is 0 Å². The third-order valence-corrected chi connectivity index (χ3v) is 4.20. The molecular weight excluding hydrogens is 272 g/mol. The second-order valence-electron chi connectivity index (χ2n) is 5.88. The van der Waals surface area contributed by atoms with Gasteiger partial charge < -0.3 is 4.90 Å². The van der Waals surface area contributed by atoms with Gasteiger partial charge >= 0.3 is 0 Å². The van der Waals surface area contributed by atoms with Gasteiger partial charge in [0, 0.05) is 17.1 Å². The molecule has 0 amide bonds. The van der Waals surface area contributed by atoms with Gasteiger partial charge in [-0.15, -0.1) is 0 Å². The lowest BCUT2D eigenvalue weighted by molar-refractivity contribution is 0.0925. The van der Waals surface area contributed by atoms with Crippen molar-refractivity contribution in [2.75, 3.05) is 40.3 Å². The molecule has 0 spiro atoms. The van der Waals surface area contributed by atoms with Crippen LogP contribution in [0.25, 0.3) is 0 Å². The number of ketones is 1. The van der Waals surface area contributed by atoms with Crippen molar-refractivity contribution in [2.24, 2.45) is 5.92 Å². The van der Waals surface area contributed by atoms with Crippen LogP contribution < -0.4 is 0 Å². The molecule has 110 valence electrons. The summed E-state index contributed by atoms with van der Waals surface area (Å²) in [6.07, 6.45) is 2.46. The SMILES string of the molecule is CN1CCC(CN(C)CC(=O)c2cccc(Cl)c2)CC1. The minimum Gasteiger partial charge on any atom is -0.306 e. The first-order chi connectivity index (χ1) is 9.54. The van der Waals surface area contributed by atoms with Crippen molar-refractivity contribution in [2.45, 2.75) is 12.8 Å². The Hall–Kier alpha value is -0.900. The van der Waals surface area contributed by atoms with E-state index >= 15 is 0 Å². The standard InChI is InChI=1S/C16H23ClN2O/c1-18-8-6-13(7-9-18)11-19(2)12-16(20)14-4-3-5-15(17)10-14/h3-5,10,13H,6-9,11-12H2,1-2H3. The van der Waals surface area contributed by atoms with Crippen molar-refractivity contribution in [3.8, 4) is 0 Å². The number of halogens is 1. The number of likely N-dealkylation sites (N-methyl/N-ethyl adjacent to an activating group) is 1. The molecule has 1 aromatic carbocycles. The number of carbonyl (C=O) groups is 1. The van der Waals surface area contributed by atoms with Crippen LogP contribution in [0.1, 0.15) is 23.2 Å². The topological polar surface area (TPSA) is 23.6 Å². The molecule has 3 nitrogen and oxygen atoms in total. The second-order valence-corrected chi connectivity index (χ2v) is 6.31. The molecule has 2 rings (SSSR count). The molecule has 0 unspecified atom stereocenters. The van der Waals surface area contributed by atoms with Gasteiger partial charge in [-0.1, -0.05) is 23.7 Å². The third kappa shape index (κ3) is 4.58. The van der Waals surface area contributed by atoms with Crippen LogP contribution in [-0.4, -0.2) is 55.9 Å². The van der Waals surface area contributed by atoms with Gasteiger partial charge in [0.2, 0.25) is 0 Å². The highest BCUT2D eigenvalue weighted by molar-refractivity contribution is 6.31. The van der Waals surface area contributed by atoms with Crippen molar-refractivity contribution < 1.29 is 4.79 Å². The normalized spacial score (nSPS) is 17.6. The zero-order valence-electron chi connectivity index (χ0n) is 12.3. The average molecular weight is 295 g/mol. The monoisotopic (exact) mass is 294 g/mol. The van der Waals surface area contributed by atoms with Crippen LogP contribution >= 0.6 is 11.6 Å². The van der Waals surface area contributed by atoms with E-state index in [4.69, 9.17) is 11.6 Å². The van der Waals surface area contributed by atoms with E-state index in [1.54, 1.807) is 12.1 Å². The van der Waals surface area contributed by atoms with Gasteiger partial charge in [-0.05, 0) is 58.1 Å². The lowest BCUT2D eigenvalue weighted by Gasteiger charge is -2.31. The molecule has 0 aliphatic carbocycles. The highest BCUT2D eigenvalue weighted by atomic mass is 35.5. The Kier molecular flexibility index (Phi) is 5.58. The summed E-state index contributed by atoms with van der Waals surface area (Å²) in [5.41, 5.74) is 0.702. The van der Waals surface area contributed by atoms with E-state index in [1.807, 2.05) is 19.2 Å². The van der Waals surface area contributed by atoms with Gasteiger partial charge in [0.05, 0.1) is 6.54 Å². The molecule has 1 aliphatic rings. The first kappa shape index (κ1) is 15.5. The number of likely N-dealkylation sites (tertiary alicyclic amines) is 1. The Labute approximate surface area is 126 Å². The summed E-state index contributed by atoms with van der Waals surface area (Å²) in [7, 11) is 4.20. The van der Waals surface area contributed by atoms with Crippen LogP contribution in [-0.2, 0) is 0 Å². The molecule has 1 heterocycles. The quantitative estimate of drug-likeness (QED) is 0.780. The highest BCUT2D eigenvalue weighted by Crippen LogP contribution is 2.17. The van der Waals surface area contributed by atoms with Crippen LogP contribution in [0.2, 0.25) is 5.02 Å². The highest BCUT2D eigenvalue weighted by Gasteiger charge is 2.19. The molecule has 0 radical (unpaired) electrons. The fourth-order valence-electron chi connectivity index (χ4n) is 2.75. The van der Waals surface area contributed by atoms with Crippen LogP contribution in [0.4, 0.5) is 0 Å². The predicted octanol–water partition coefficient (Wildman–Crippen LogP) is 2.80. The molecule has 0 saturated carbocycles. The Morgan fingerprint density at radius 3 is 2.75 bits per heavy atom. The maximum Gasteiger partial charge on any atom is 0.176 e. The van der Waals surface area contributed by atoms with Crippen molar-refractivity contribution in [1.29, 1.82) is 0 Å². The van der Waals surface area contributed by atoms with Gasteiger partial charge in [-0.3, -0.25) is 9.69 Å². The van der Waals surface area contributed by atoms with E-state index in [1.165, 1.54) is 25.9 Å². The van der Waals surface area contributed by atoms with E-state index in [2.05, 4.69) is 16.8 Å². The molecular formula is C16H23ClN2O. The minimum atomic E-state index is 0.142. The maximum atomic E-state index is 12.2. The molecule has 4 heteroatoms. The zero-order chi connectivity index (χ0) is 14.5. The number of rotatable bonds is 5. The van der Waals surface area contributed by atoms with Crippen LogP contribution in [0.15, 0.2) is 24.3 Å². The number of piperidine rings is 1.